The summed E-state index contributed by atoms with van der Waals surface area (Å²) in [6.45, 7) is 6.69. The zero-order chi connectivity index (χ0) is 27.2. The van der Waals surface area contributed by atoms with Crippen molar-refractivity contribution in [3.63, 3.8) is 0 Å². The number of carbonyl (C=O) groups is 1. The molecule has 2 aliphatic heterocycles. The van der Waals surface area contributed by atoms with E-state index in [9.17, 15) is 13.6 Å². The lowest BCUT2D eigenvalue weighted by molar-refractivity contribution is 0.0847. The van der Waals surface area contributed by atoms with Gasteiger partial charge in [0.1, 0.15) is 11.6 Å². The number of imidazole rings is 1. The molecule has 0 saturated carbocycles. The van der Waals surface area contributed by atoms with Crippen LogP contribution in [-0.2, 0) is 9.47 Å². The number of carbonyl (C=O) groups excluding carboxylic acids is 1. The van der Waals surface area contributed by atoms with Crippen molar-refractivity contribution < 1.29 is 23.0 Å². The van der Waals surface area contributed by atoms with Gasteiger partial charge >= 0.3 is 6.09 Å². The summed E-state index contributed by atoms with van der Waals surface area (Å²) in [7, 11) is 0. The summed E-state index contributed by atoms with van der Waals surface area (Å²) in [6, 6.07) is 8.76. The number of ether oxygens (including phenoxy) is 2. The van der Waals surface area contributed by atoms with Gasteiger partial charge in [0.25, 0.3) is 6.43 Å². The molecule has 1 N–H and O–H groups in total. The average molecular weight is 544 g/mol. The lowest BCUT2D eigenvalue weighted by atomic mass is 9.98. The van der Waals surface area contributed by atoms with Crippen LogP contribution in [-0.4, -0.2) is 83.1 Å². The van der Waals surface area contributed by atoms with E-state index in [4.69, 9.17) is 14.5 Å². The van der Waals surface area contributed by atoms with Gasteiger partial charge in [-0.15, -0.1) is 0 Å². The molecule has 2 aliphatic rings. The van der Waals surface area contributed by atoms with E-state index in [0.717, 1.165) is 25.7 Å². The minimum atomic E-state index is -2.78. The quantitative estimate of drug-likeness (QED) is 0.390. The molecule has 5 rings (SSSR count). The van der Waals surface area contributed by atoms with Gasteiger partial charge in [-0.3, -0.25) is 4.57 Å². The molecule has 0 radical (unpaired) electrons. The van der Waals surface area contributed by atoms with E-state index in [0.29, 0.717) is 81.2 Å². The van der Waals surface area contributed by atoms with Gasteiger partial charge in [0, 0.05) is 38.8 Å². The highest BCUT2D eigenvalue weighted by Crippen LogP contribution is 2.29. The number of nitrogens with zero attached hydrogens (tertiary/aromatic N) is 6. The fraction of sp³-hybridized carbons (Fsp3) is 0.556. The number of hydrogen-bond donors (Lipinski definition) is 1. The van der Waals surface area contributed by atoms with E-state index in [-0.39, 0.29) is 17.8 Å². The number of anilines is 2. The van der Waals surface area contributed by atoms with Gasteiger partial charge in [0.2, 0.25) is 5.95 Å². The number of aromatic nitrogens is 4. The Hall–Kier alpha value is -3.54. The van der Waals surface area contributed by atoms with Gasteiger partial charge in [-0.1, -0.05) is 25.5 Å². The Morgan fingerprint density at radius 3 is 2.74 bits per heavy atom. The van der Waals surface area contributed by atoms with Crippen LogP contribution in [0.5, 0.6) is 0 Å². The van der Waals surface area contributed by atoms with E-state index >= 15 is 0 Å². The van der Waals surface area contributed by atoms with Crippen molar-refractivity contribution in [3.05, 3.63) is 36.2 Å². The molecule has 4 heterocycles. The van der Waals surface area contributed by atoms with Gasteiger partial charge in [0.05, 0.1) is 30.9 Å². The van der Waals surface area contributed by atoms with Gasteiger partial charge in [0.15, 0.2) is 5.82 Å². The highest BCUT2D eigenvalue weighted by molar-refractivity contribution is 5.78. The van der Waals surface area contributed by atoms with Crippen molar-refractivity contribution in [2.45, 2.75) is 39.0 Å². The molecule has 12 heteroatoms. The van der Waals surface area contributed by atoms with Crippen molar-refractivity contribution in [2.24, 2.45) is 5.92 Å². The molecule has 3 aromatic rings. The Kier molecular flexibility index (Phi) is 8.70. The number of unbranched alkanes of at least 4 members (excludes halogenated alkanes) is 1. The minimum absolute atomic E-state index is 0.183. The van der Waals surface area contributed by atoms with Crippen LogP contribution in [0.3, 0.4) is 0 Å². The van der Waals surface area contributed by atoms with Gasteiger partial charge in [-0.2, -0.15) is 9.97 Å². The highest BCUT2D eigenvalue weighted by Gasteiger charge is 2.26. The molecule has 2 saturated heterocycles. The Morgan fingerprint density at radius 2 is 1.95 bits per heavy atom. The molecular formula is C27H35F2N7O3. The molecule has 10 nitrogen and oxygen atoms in total. The van der Waals surface area contributed by atoms with Crippen molar-refractivity contribution in [2.75, 3.05) is 62.8 Å². The monoisotopic (exact) mass is 543 g/mol. The van der Waals surface area contributed by atoms with E-state index in [1.165, 1.54) is 4.57 Å². The van der Waals surface area contributed by atoms with Crippen LogP contribution in [0.1, 0.15) is 44.9 Å². The third-order valence-electron chi connectivity index (χ3n) is 7.09. The van der Waals surface area contributed by atoms with E-state index in [1.54, 1.807) is 35.2 Å². The smallest absolute Gasteiger partial charge is 0.409 e. The van der Waals surface area contributed by atoms with Crippen molar-refractivity contribution in [1.29, 1.82) is 0 Å². The van der Waals surface area contributed by atoms with Gasteiger partial charge in [-0.05, 0) is 37.3 Å². The Bertz CT molecular complexity index is 1270. The molecule has 0 spiro atoms. The second kappa shape index (κ2) is 12.5. The summed E-state index contributed by atoms with van der Waals surface area (Å²) in [6.07, 6.45) is 0.605. The maximum absolute atomic E-state index is 14.1. The molecule has 0 aliphatic carbocycles. The number of benzene rings is 1. The minimum Gasteiger partial charge on any atom is -0.449 e. The summed E-state index contributed by atoms with van der Waals surface area (Å²) in [5, 5.41) is 3.32. The molecule has 39 heavy (non-hydrogen) atoms. The van der Waals surface area contributed by atoms with Crippen LogP contribution in [0, 0.1) is 5.92 Å². The van der Waals surface area contributed by atoms with Crippen LogP contribution in [0.2, 0.25) is 0 Å². The van der Waals surface area contributed by atoms with Crippen LogP contribution in [0.15, 0.2) is 30.3 Å². The van der Waals surface area contributed by atoms with Crippen molar-refractivity contribution in [1.82, 2.24) is 24.4 Å². The van der Waals surface area contributed by atoms with Crippen molar-refractivity contribution in [3.8, 4) is 5.82 Å². The zero-order valence-corrected chi connectivity index (χ0v) is 22.2. The Labute approximate surface area is 226 Å². The number of piperidine rings is 1. The first-order valence-corrected chi connectivity index (χ1v) is 13.7. The second-order valence-corrected chi connectivity index (χ2v) is 9.91. The third-order valence-corrected chi connectivity index (χ3v) is 7.09. The first kappa shape index (κ1) is 27.0. The Morgan fingerprint density at radius 1 is 1.15 bits per heavy atom. The lowest BCUT2D eigenvalue weighted by Gasteiger charge is -2.32. The number of hydrogen-bond acceptors (Lipinski definition) is 8. The zero-order valence-electron chi connectivity index (χ0n) is 22.2. The van der Waals surface area contributed by atoms with Crippen LogP contribution in [0.25, 0.3) is 16.9 Å². The van der Waals surface area contributed by atoms with Gasteiger partial charge < -0.3 is 24.6 Å². The molecule has 0 unspecified atom stereocenters. The van der Waals surface area contributed by atoms with Gasteiger partial charge in [-0.25, -0.2) is 18.6 Å². The average Bonchev–Trinajstić information content (AvgIpc) is 3.37. The number of nitrogens with one attached hydrogen (secondary N) is 1. The van der Waals surface area contributed by atoms with E-state index in [1.807, 2.05) is 0 Å². The molecule has 2 aromatic heterocycles. The molecule has 210 valence electrons. The number of halogens is 2. The standard InChI is InChI=1S/C27H35F2N7O3/c1-2-3-13-39-27(37)35-10-6-7-19(18-35)17-30-26-32-22(34-11-14-38-15-12-34)16-23(33-26)36-21-9-5-4-8-20(21)31-25(36)24(28)29/h4-5,8-9,16,19,24H,2-3,6-7,10-15,17-18H2,1H3,(H,30,32,33)/t19-/m0/s1. The summed E-state index contributed by atoms with van der Waals surface area (Å²) in [4.78, 5) is 29.8. The number of para-hydroxylation sites is 2. The highest BCUT2D eigenvalue weighted by atomic mass is 19.3. The first-order valence-electron chi connectivity index (χ1n) is 13.7. The number of alkyl halides is 2. The normalized spacial score (nSPS) is 18.1. The lowest BCUT2D eigenvalue weighted by Crippen LogP contribution is -2.42. The van der Waals surface area contributed by atoms with Crippen LogP contribution in [0.4, 0.5) is 25.3 Å². The third kappa shape index (κ3) is 6.38. The molecule has 1 amide bonds. The largest absolute Gasteiger partial charge is 0.449 e. The van der Waals surface area contributed by atoms with E-state index < -0.39 is 6.43 Å². The predicted octanol–water partition coefficient (Wildman–Crippen LogP) is 4.65. The number of morpholine rings is 1. The molecule has 2 fully saturated rings. The molecule has 0 bridgehead atoms. The number of rotatable bonds is 9. The maximum atomic E-state index is 14.1. The first-order chi connectivity index (χ1) is 19.0. The summed E-state index contributed by atoms with van der Waals surface area (Å²) in [5.74, 6) is 1.12. The van der Waals surface area contributed by atoms with Crippen LogP contribution >= 0.6 is 0 Å². The molecular weight excluding hydrogens is 508 g/mol. The summed E-state index contributed by atoms with van der Waals surface area (Å²) >= 11 is 0. The summed E-state index contributed by atoms with van der Waals surface area (Å²) in [5.41, 5.74) is 1.02. The maximum Gasteiger partial charge on any atom is 0.409 e. The predicted molar refractivity (Wildman–Crippen MR) is 144 cm³/mol. The molecule has 1 atom stereocenters. The SMILES string of the molecule is CCCCOC(=O)N1CCC[C@@H](CNc2nc(N3CCOCC3)cc(-n3c(C(F)F)nc4ccccc43)n2)C1. The van der Waals surface area contributed by atoms with E-state index in [2.05, 4.69) is 27.1 Å². The molecule has 1 aromatic carbocycles. The van der Waals surface area contributed by atoms with Crippen LogP contribution < -0.4 is 10.2 Å². The topological polar surface area (TPSA) is 97.6 Å². The fourth-order valence-electron chi connectivity index (χ4n) is 5.03. The second-order valence-electron chi connectivity index (χ2n) is 9.91. The summed E-state index contributed by atoms with van der Waals surface area (Å²) < 4.78 is 40.5. The number of likely N-dealkylation sites (tertiary alicyclic amines) is 1. The number of fused-ring (bicyclic) bond motifs is 1. The fourth-order valence-corrected chi connectivity index (χ4v) is 5.03. The number of amides is 1. The Balaban J connectivity index is 1.39. The van der Waals surface area contributed by atoms with Crippen molar-refractivity contribution >= 4 is 28.9 Å².